The number of thiophene rings is 1. The highest BCUT2D eigenvalue weighted by Gasteiger charge is 2.47. The van der Waals surface area contributed by atoms with Crippen LogP contribution in [0.25, 0.3) is 32.9 Å². The maximum atomic E-state index is 13.2. The SMILES string of the molecule is COc1cccc(-c2ccc(C(=O)N3CCC4(CC3)COc3ccc(CN)cc34)o2)c1.NCc1ccc2c(c1)C1(CCN(C(=O)c3cncc(-c4ccccc4)c3)CC1)CO2.NCc1ccc2c(c1)C1(CCN(C(=O)c3cncc(-c4cccs4)c3)CC1)CO2. The molecule has 4 aromatic heterocycles. The van der Waals surface area contributed by atoms with Gasteiger partial charge in [0.15, 0.2) is 5.76 Å². The Balaban J connectivity index is 0.000000124. The molecule has 3 fully saturated rings. The van der Waals surface area contributed by atoms with Crippen molar-refractivity contribution >= 4 is 29.1 Å². The molecule has 0 unspecified atom stereocenters. The third-order valence-corrected chi connectivity index (χ3v) is 20.1. The maximum Gasteiger partial charge on any atom is 0.289 e. The molecule has 0 aliphatic carbocycles. The summed E-state index contributed by atoms with van der Waals surface area (Å²) >= 11 is 1.65. The number of ether oxygens (including phenoxy) is 4. The molecule has 3 amide bonds. The number of nitrogens with two attached hydrogens (primary N) is 3. The van der Waals surface area contributed by atoms with Crippen molar-refractivity contribution in [3.05, 3.63) is 226 Å². The van der Waals surface area contributed by atoms with E-state index in [1.807, 2.05) is 148 Å². The molecule has 0 atom stereocenters. The highest BCUT2D eigenvalue weighted by molar-refractivity contribution is 7.13. The van der Waals surface area contributed by atoms with Crippen molar-refractivity contribution < 1.29 is 37.7 Å². The molecule has 6 aliphatic heterocycles. The number of benzene rings is 5. The number of pyridine rings is 2. The van der Waals surface area contributed by atoms with Crippen molar-refractivity contribution in [2.45, 2.75) is 74.4 Å². The second-order valence-corrected chi connectivity index (χ2v) is 25.3. The molecule has 0 bridgehead atoms. The monoisotopic (exact) mass is 1220 g/mol. The van der Waals surface area contributed by atoms with Crippen LogP contribution in [0.2, 0.25) is 0 Å². The molecule has 0 radical (unpaired) electrons. The molecular weight excluding hydrogens is 1150 g/mol. The van der Waals surface area contributed by atoms with Crippen LogP contribution in [0, 0.1) is 0 Å². The minimum atomic E-state index is -0.0705. The number of aromatic nitrogens is 2. The molecule has 6 aliphatic rings. The number of fused-ring (bicyclic) bond motifs is 6. The molecule has 3 saturated heterocycles. The summed E-state index contributed by atoms with van der Waals surface area (Å²) in [6.45, 7) is 7.82. The van der Waals surface area contributed by atoms with E-state index in [4.69, 9.17) is 40.6 Å². The van der Waals surface area contributed by atoms with E-state index < -0.39 is 0 Å². The fraction of sp³-hybridized carbons (Fsp3) is 0.301. The number of amides is 3. The predicted octanol–water partition coefficient (Wildman–Crippen LogP) is 11.6. The maximum absolute atomic E-state index is 13.2. The lowest BCUT2D eigenvalue weighted by Gasteiger charge is -2.38. The Bertz CT molecular complexity index is 4050. The molecule has 15 rings (SSSR count). The van der Waals surface area contributed by atoms with Crippen molar-refractivity contribution in [1.82, 2.24) is 24.7 Å². The summed E-state index contributed by atoms with van der Waals surface area (Å²) in [7, 11) is 1.63. The van der Waals surface area contributed by atoms with Crippen LogP contribution < -0.4 is 36.1 Å². The van der Waals surface area contributed by atoms with Gasteiger partial charge in [0.2, 0.25) is 0 Å². The van der Waals surface area contributed by atoms with E-state index in [1.165, 1.54) is 16.7 Å². The first-order valence-corrected chi connectivity index (χ1v) is 31.9. The molecule has 0 saturated carbocycles. The first-order valence-electron chi connectivity index (χ1n) is 31.0. The number of carbonyl (C=O) groups is 3. The lowest BCUT2D eigenvalue weighted by atomic mass is 9.74. The number of likely N-dealkylation sites (tertiary alicyclic amines) is 3. The molecule has 9 aromatic rings. The Kier molecular flexibility index (Phi) is 17.1. The van der Waals surface area contributed by atoms with Gasteiger partial charge in [-0.3, -0.25) is 24.4 Å². The molecule has 16 nitrogen and oxygen atoms in total. The van der Waals surface area contributed by atoms with Crippen LogP contribution in [0.1, 0.15) is 103 Å². The van der Waals surface area contributed by atoms with Crippen molar-refractivity contribution in [2.75, 3.05) is 66.2 Å². The Labute approximate surface area is 528 Å². The van der Waals surface area contributed by atoms with Gasteiger partial charge in [0, 0.05) is 138 Å². The highest BCUT2D eigenvalue weighted by atomic mass is 32.1. The van der Waals surface area contributed by atoms with Crippen molar-refractivity contribution in [3.8, 4) is 55.9 Å². The number of piperidine rings is 3. The molecular formula is C73H74N8O8S. The predicted molar refractivity (Wildman–Crippen MR) is 348 cm³/mol. The minimum absolute atomic E-state index is 0.00560. The van der Waals surface area contributed by atoms with Gasteiger partial charge in [0.25, 0.3) is 17.7 Å². The number of methoxy groups -OCH3 is 1. The first kappa shape index (κ1) is 59.8. The van der Waals surface area contributed by atoms with Gasteiger partial charge in [-0.05, 0) is 127 Å². The minimum Gasteiger partial charge on any atom is -0.497 e. The summed E-state index contributed by atoms with van der Waals surface area (Å²) in [4.78, 5) is 54.9. The van der Waals surface area contributed by atoms with Gasteiger partial charge in [-0.1, -0.05) is 84.9 Å². The first-order chi connectivity index (χ1) is 44.0. The number of furan rings is 1. The number of nitrogens with zero attached hydrogens (tertiary/aromatic N) is 5. The Morgan fingerprint density at radius 3 is 1.41 bits per heavy atom. The number of hydrogen-bond acceptors (Lipinski definition) is 14. The van der Waals surface area contributed by atoms with Crippen molar-refractivity contribution in [3.63, 3.8) is 0 Å². The Morgan fingerprint density at radius 1 is 0.478 bits per heavy atom. The number of hydrogen-bond donors (Lipinski definition) is 3. The van der Waals surface area contributed by atoms with E-state index >= 15 is 0 Å². The van der Waals surface area contributed by atoms with Crippen LogP contribution in [0.4, 0.5) is 0 Å². The lowest BCUT2D eigenvalue weighted by Crippen LogP contribution is -2.46. The van der Waals surface area contributed by atoms with Gasteiger partial charge < -0.3 is 55.3 Å². The molecule has 10 heterocycles. The third-order valence-electron chi connectivity index (χ3n) is 19.1. The summed E-state index contributed by atoms with van der Waals surface area (Å²) in [5.74, 6) is 4.68. The molecule has 3 spiro atoms. The average molecular weight is 1220 g/mol. The summed E-state index contributed by atoms with van der Waals surface area (Å²) in [6, 6.07) is 47.9. The van der Waals surface area contributed by atoms with Crippen LogP contribution in [-0.4, -0.2) is 109 Å². The third kappa shape index (κ3) is 12.0. The summed E-state index contributed by atoms with van der Waals surface area (Å²) in [6.07, 6.45) is 12.3. The zero-order valence-electron chi connectivity index (χ0n) is 50.6. The fourth-order valence-electron chi connectivity index (χ4n) is 13.7. The van der Waals surface area contributed by atoms with E-state index in [0.717, 1.165) is 118 Å². The van der Waals surface area contributed by atoms with E-state index in [9.17, 15) is 14.4 Å². The van der Waals surface area contributed by atoms with Gasteiger partial charge >= 0.3 is 0 Å². The summed E-state index contributed by atoms with van der Waals surface area (Å²) in [5, 5.41) is 2.03. The normalized spacial score (nSPS) is 17.0. The smallest absolute Gasteiger partial charge is 0.289 e. The highest BCUT2D eigenvalue weighted by Crippen LogP contribution is 2.49. The Morgan fingerprint density at radius 2 is 0.944 bits per heavy atom. The number of carbonyl (C=O) groups excluding carboxylic acids is 3. The van der Waals surface area contributed by atoms with Gasteiger partial charge in [0.1, 0.15) is 28.8 Å². The Hall–Kier alpha value is -9.13. The van der Waals surface area contributed by atoms with E-state index in [0.29, 0.717) is 88.3 Å². The van der Waals surface area contributed by atoms with Gasteiger partial charge in [-0.15, -0.1) is 11.3 Å². The molecule has 460 valence electrons. The van der Waals surface area contributed by atoms with Gasteiger partial charge in [-0.25, -0.2) is 0 Å². The average Bonchev–Trinajstić information content (AvgIpc) is 1.75. The van der Waals surface area contributed by atoms with E-state index in [2.05, 4.69) is 28.2 Å². The lowest BCUT2D eigenvalue weighted by molar-refractivity contribution is 0.0614. The summed E-state index contributed by atoms with van der Waals surface area (Å²) < 4.78 is 29.1. The van der Waals surface area contributed by atoms with Gasteiger partial charge in [-0.2, -0.15) is 0 Å². The molecule has 17 heteroatoms. The second-order valence-electron chi connectivity index (χ2n) is 24.4. The van der Waals surface area contributed by atoms with Crippen molar-refractivity contribution in [1.29, 1.82) is 0 Å². The van der Waals surface area contributed by atoms with Crippen LogP contribution in [0.15, 0.2) is 180 Å². The van der Waals surface area contributed by atoms with Crippen LogP contribution in [0.5, 0.6) is 23.0 Å². The second kappa shape index (κ2) is 25.8. The summed E-state index contributed by atoms with van der Waals surface area (Å²) in [5.41, 5.74) is 29.8. The van der Waals surface area contributed by atoms with Crippen LogP contribution >= 0.6 is 11.3 Å². The fourth-order valence-corrected chi connectivity index (χ4v) is 14.4. The van der Waals surface area contributed by atoms with E-state index in [1.54, 1.807) is 43.1 Å². The molecule has 90 heavy (non-hydrogen) atoms. The van der Waals surface area contributed by atoms with E-state index in [-0.39, 0.29) is 34.0 Å². The molecule has 6 N–H and O–H groups in total. The van der Waals surface area contributed by atoms with Crippen LogP contribution in [0.3, 0.4) is 0 Å². The zero-order valence-corrected chi connectivity index (χ0v) is 51.4. The van der Waals surface area contributed by atoms with Crippen molar-refractivity contribution in [2.24, 2.45) is 17.2 Å². The standard InChI is InChI=1S/C25H25N3O2.C25H26N2O4.C23H23N3O2S/c26-14-18-6-7-23-22(12-18)25(17-30-23)8-10-28(11-9-25)24(29)21-13-20(15-27-16-21)19-4-2-1-3-5-19;1-29-19-4-2-3-18(14-19)21-7-8-23(31-21)24(28)27-11-9-25(10-12-27)16-30-22-6-5-17(15-26)13-20(22)25;24-12-16-3-4-20-19(10-16)23(15-28-20)5-7-26(8-6-23)22(27)18-11-17(13-25-14-18)21-2-1-9-29-21/h1-7,12-13,15-16H,8-11,14,17,26H2;2-8,13-14H,9-12,15-16,26H2,1H3;1-4,9-11,13-14H,5-8,12,15,24H2. The zero-order chi connectivity index (χ0) is 61.8. The topological polar surface area (TPSA) is 215 Å². The molecule has 5 aromatic carbocycles. The number of rotatable bonds is 10. The van der Waals surface area contributed by atoms with Crippen LogP contribution in [-0.2, 0) is 35.9 Å². The quantitative estimate of drug-likeness (QED) is 0.116. The largest absolute Gasteiger partial charge is 0.497 e. The van der Waals surface area contributed by atoms with Gasteiger partial charge in [0.05, 0.1) is 38.1 Å².